The molecule has 1 aliphatic rings. The molecule has 1 saturated heterocycles. The molecule has 1 aromatic carbocycles. The van der Waals surface area contributed by atoms with Gasteiger partial charge in [-0.05, 0) is 63.5 Å². The summed E-state index contributed by atoms with van der Waals surface area (Å²) in [7, 11) is 1.97. The van der Waals surface area contributed by atoms with Crippen LogP contribution in [0.4, 0.5) is 8.78 Å². The number of ether oxygens (including phenoxy) is 1. The maximum atomic E-state index is 14.5. The molecule has 136 valence electrons. The van der Waals surface area contributed by atoms with Gasteiger partial charge in [0.2, 0.25) is 5.78 Å². The van der Waals surface area contributed by atoms with Gasteiger partial charge in [-0.25, -0.2) is 13.6 Å². The third-order valence-electron chi connectivity index (χ3n) is 4.33. The number of aliphatic carboxylic acids is 1. The van der Waals surface area contributed by atoms with Crippen LogP contribution < -0.4 is 0 Å². The zero-order chi connectivity index (χ0) is 18.6. The quantitative estimate of drug-likeness (QED) is 0.280. The summed E-state index contributed by atoms with van der Waals surface area (Å²) >= 11 is 0. The van der Waals surface area contributed by atoms with E-state index in [4.69, 9.17) is 9.84 Å². The highest BCUT2D eigenvalue weighted by Crippen LogP contribution is 2.31. The smallest absolute Gasteiger partial charge is 0.342 e. The van der Waals surface area contributed by atoms with E-state index in [9.17, 15) is 18.4 Å². The minimum Gasteiger partial charge on any atom is -0.500 e. The van der Waals surface area contributed by atoms with Gasteiger partial charge < -0.3 is 14.7 Å². The van der Waals surface area contributed by atoms with Crippen molar-refractivity contribution in [2.45, 2.75) is 25.7 Å². The molecule has 1 aliphatic heterocycles. The summed E-state index contributed by atoms with van der Waals surface area (Å²) in [4.78, 5) is 25.5. The molecule has 0 aliphatic carbocycles. The minimum absolute atomic E-state index is 0.118. The Bertz CT molecular complexity index is 695. The number of Topliss-reactive ketones (excluding diaryl/α,β-unsaturated/α-hetero) is 1. The summed E-state index contributed by atoms with van der Waals surface area (Å²) in [6, 6.07) is 1.80. The number of carboxylic acids is 1. The fourth-order valence-corrected chi connectivity index (χ4v) is 2.88. The lowest BCUT2D eigenvalue weighted by Crippen LogP contribution is -2.29. The lowest BCUT2D eigenvalue weighted by atomic mass is 9.88. The van der Waals surface area contributed by atoms with Crippen LogP contribution >= 0.6 is 0 Å². The van der Waals surface area contributed by atoms with Gasteiger partial charge in [0.25, 0.3) is 0 Å². The van der Waals surface area contributed by atoms with E-state index in [1.807, 2.05) is 7.05 Å². The van der Waals surface area contributed by atoms with Crippen LogP contribution in [0.2, 0.25) is 0 Å². The van der Waals surface area contributed by atoms with E-state index in [1.54, 1.807) is 6.92 Å². The van der Waals surface area contributed by atoms with E-state index < -0.39 is 34.5 Å². The van der Waals surface area contributed by atoms with Crippen LogP contribution in [-0.4, -0.2) is 48.5 Å². The Kier molecular flexibility index (Phi) is 6.25. The molecule has 0 saturated carbocycles. The number of carbonyl (C=O) groups is 2. The molecule has 25 heavy (non-hydrogen) atoms. The monoisotopic (exact) mass is 353 g/mol. The molecule has 1 aromatic rings. The zero-order valence-corrected chi connectivity index (χ0v) is 14.2. The number of benzene rings is 1. The second kappa shape index (κ2) is 8.20. The molecule has 2 rings (SSSR count). The van der Waals surface area contributed by atoms with Gasteiger partial charge in [-0.15, -0.1) is 0 Å². The minimum atomic E-state index is -1.56. The first-order valence-corrected chi connectivity index (χ1v) is 8.12. The first kappa shape index (κ1) is 19.1. The Morgan fingerprint density at radius 1 is 1.28 bits per heavy atom. The molecule has 0 spiro atoms. The highest BCUT2D eigenvalue weighted by Gasteiger charge is 2.27. The number of hydrogen-bond acceptors (Lipinski definition) is 4. The third kappa shape index (κ3) is 4.42. The van der Waals surface area contributed by atoms with Gasteiger partial charge in [0, 0.05) is 0 Å². The van der Waals surface area contributed by atoms with E-state index in [0.29, 0.717) is 12.8 Å². The molecular formula is C18H21F2NO4. The van der Waals surface area contributed by atoms with Crippen LogP contribution in [0.1, 0.15) is 41.6 Å². The molecule has 0 bridgehead atoms. The average Bonchev–Trinajstić information content (AvgIpc) is 2.57. The summed E-state index contributed by atoms with van der Waals surface area (Å²) in [6.07, 6.45) is 2.16. The number of halogens is 2. The standard InChI is InChI=1S/C18H21F2NO4/c1-3-25-10-14(18(23)24)17(22)13-9-15(19)12(8-16(13)20)11-4-6-21(2)7-5-11/h8-11H,3-7H2,1-2H3,(H,23,24). The molecular weight excluding hydrogens is 332 g/mol. The molecule has 7 heteroatoms. The average molecular weight is 353 g/mol. The second-order valence-electron chi connectivity index (χ2n) is 6.05. The molecule has 1 N–H and O–H groups in total. The zero-order valence-electron chi connectivity index (χ0n) is 14.2. The summed E-state index contributed by atoms with van der Waals surface area (Å²) in [5.41, 5.74) is -1.12. The number of likely N-dealkylation sites (tertiary alicyclic amines) is 1. The van der Waals surface area contributed by atoms with Crippen LogP contribution in [0.3, 0.4) is 0 Å². The molecule has 0 unspecified atom stereocenters. The normalized spacial score (nSPS) is 16.7. The van der Waals surface area contributed by atoms with Gasteiger partial charge in [-0.3, -0.25) is 4.79 Å². The highest BCUT2D eigenvalue weighted by atomic mass is 19.1. The van der Waals surface area contributed by atoms with E-state index >= 15 is 0 Å². The number of hydrogen-bond donors (Lipinski definition) is 1. The van der Waals surface area contributed by atoms with Gasteiger partial charge >= 0.3 is 5.97 Å². The van der Waals surface area contributed by atoms with Gasteiger partial charge in [0.05, 0.1) is 12.2 Å². The van der Waals surface area contributed by atoms with Crippen LogP contribution in [0.25, 0.3) is 0 Å². The van der Waals surface area contributed by atoms with Crippen LogP contribution in [0.15, 0.2) is 24.0 Å². The first-order chi connectivity index (χ1) is 11.8. The summed E-state index contributed by atoms with van der Waals surface area (Å²) in [5, 5.41) is 9.09. The lowest BCUT2D eigenvalue weighted by molar-refractivity contribution is -0.132. The Labute approximate surface area is 144 Å². The van der Waals surface area contributed by atoms with E-state index in [0.717, 1.165) is 31.5 Å². The van der Waals surface area contributed by atoms with Gasteiger partial charge in [0.1, 0.15) is 23.5 Å². The van der Waals surface area contributed by atoms with Crippen molar-refractivity contribution in [1.29, 1.82) is 0 Å². The first-order valence-electron chi connectivity index (χ1n) is 8.12. The molecule has 0 amide bonds. The van der Waals surface area contributed by atoms with Crippen molar-refractivity contribution in [2.24, 2.45) is 0 Å². The fraction of sp³-hybridized carbons (Fsp3) is 0.444. The van der Waals surface area contributed by atoms with Gasteiger partial charge in [0.15, 0.2) is 0 Å². The summed E-state index contributed by atoms with van der Waals surface area (Å²) in [6.45, 7) is 3.33. The van der Waals surface area contributed by atoms with Gasteiger partial charge in [-0.1, -0.05) is 0 Å². The summed E-state index contributed by atoms with van der Waals surface area (Å²) in [5.74, 6) is -4.41. The predicted molar refractivity (Wildman–Crippen MR) is 87.5 cm³/mol. The Morgan fingerprint density at radius 2 is 1.92 bits per heavy atom. The summed E-state index contributed by atoms with van der Waals surface area (Å²) < 4.78 is 33.7. The Morgan fingerprint density at radius 3 is 2.48 bits per heavy atom. The Balaban J connectivity index is 2.32. The van der Waals surface area contributed by atoms with Crippen molar-refractivity contribution < 1.29 is 28.2 Å². The Hall–Kier alpha value is -2.28. The maximum absolute atomic E-state index is 14.5. The van der Waals surface area contributed by atoms with Crippen LogP contribution in [0.5, 0.6) is 0 Å². The lowest BCUT2D eigenvalue weighted by Gasteiger charge is -2.29. The van der Waals surface area contributed by atoms with Crippen molar-refractivity contribution in [2.75, 3.05) is 26.7 Å². The van der Waals surface area contributed by atoms with Crippen molar-refractivity contribution >= 4 is 11.8 Å². The van der Waals surface area contributed by atoms with Gasteiger partial charge in [-0.2, -0.15) is 0 Å². The molecule has 5 nitrogen and oxygen atoms in total. The topological polar surface area (TPSA) is 66.8 Å². The van der Waals surface area contributed by atoms with Crippen LogP contribution in [-0.2, 0) is 9.53 Å². The highest BCUT2D eigenvalue weighted by molar-refractivity contribution is 6.23. The number of ketones is 1. The third-order valence-corrected chi connectivity index (χ3v) is 4.33. The molecule has 1 fully saturated rings. The maximum Gasteiger partial charge on any atom is 0.342 e. The molecule has 0 atom stereocenters. The number of piperidine rings is 1. The van der Waals surface area contributed by atoms with Crippen molar-refractivity contribution in [3.63, 3.8) is 0 Å². The number of rotatable bonds is 6. The van der Waals surface area contributed by atoms with E-state index in [2.05, 4.69) is 4.90 Å². The molecule has 0 radical (unpaired) electrons. The fourth-order valence-electron chi connectivity index (χ4n) is 2.88. The predicted octanol–water partition coefficient (Wildman–Crippen LogP) is 2.96. The number of nitrogens with zero attached hydrogens (tertiary/aromatic N) is 1. The SMILES string of the molecule is CCOC=C(C(=O)O)C(=O)c1cc(F)c(C2CCN(C)CC2)cc1F. The molecule has 0 aromatic heterocycles. The largest absolute Gasteiger partial charge is 0.500 e. The van der Waals surface area contributed by atoms with Crippen molar-refractivity contribution in [3.05, 3.63) is 46.7 Å². The van der Waals surface area contributed by atoms with Crippen molar-refractivity contribution in [3.8, 4) is 0 Å². The second-order valence-corrected chi connectivity index (χ2v) is 6.05. The molecule has 1 heterocycles. The van der Waals surface area contributed by atoms with E-state index in [-0.39, 0.29) is 18.1 Å². The van der Waals surface area contributed by atoms with Crippen molar-refractivity contribution in [1.82, 2.24) is 4.90 Å². The number of carbonyl (C=O) groups excluding carboxylic acids is 1. The van der Waals surface area contributed by atoms with E-state index in [1.165, 1.54) is 0 Å². The number of carboxylic acid groups (broad SMARTS) is 1. The van der Waals surface area contributed by atoms with Crippen LogP contribution in [0, 0.1) is 11.6 Å².